The van der Waals surface area contributed by atoms with Crippen LogP contribution in [0.3, 0.4) is 0 Å². The van der Waals surface area contributed by atoms with Gasteiger partial charge in [-0.3, -0.25) is 0 Å². The molecule has 4 N–H and O–H groups in total. The van der Waals surface area contributed by atoms with Crippen molar-refractivity contribution in [2.24, 2.45) is 5.73 Å². The maximum absolute atomic E-state index is 11.3. The lowest BCUT2D eigenvalue weighted by Crippen LogP contribution is -2.52. The molecule has 1 fully saturated rings. The SMILES string of the molecule is CCCCNC(=O)NCC1(N)CCOC1. The number of amides is 2. The van der Waals surface area contributed by atoms with Gasteiger partial charge in [0.1, 0.15) is 0 Å². The lowest BCUT2D eigenvalue weighted by molar-refractivity contribution is 0.177. The molecule has 0 aromatic rings. The third-order valence-corrected chi connectivity index (χ3v) is 2.55. The molecule has 1 heterocycles. The fourth-order valence-corrected chi connectivity index (χ4v) is 1.46. The Hall–Kier alpha value is -0.810. The fourth-order valence-electron chi connectivity index (χ4n) is 1.46. The van der Waals surface area contributed by atoms with Crippen LogP contribution in [-0.2, 0) is 4.74 Å². The average molecular weight is 215 g/mol. The van der Waals surface area contributed by atoms with E-state index < -0.39 is 0 Å². The van der Waals surface area contributed by atoms with E-state index in [-0.39, 0.29) is 11.6 Å². The van der Waals surface area contributed by atoms with Crippen LogP contribution in [0, 0.1) is 0 Å². The van der Waals surface area contributed by atoms with Crippen molar-refractivity contribution in [2.45, 2.75) is 31.7 Å². The molecule has 0 spiro atoms. The van der Waals surface area contributed by atoms with Crippen molar-refractivity contribution in [1.82, 2.24) is 10.6 Å². The van der Waals surface area contributed by atoms with Crippen LogP contribution in [0.4, 0.5) is 4.79 Å². The van der Waals surface area contributed by atoms with Crippen LogP contribution in [0.25, 0.3) is 0 Å². The zero-order chi connectivity index (χ0) is 11.1. The van der Waals surface area contributed by atoms with E-state index in [2.05, 4.69) is 17.6 Å². The molecule has 1 atom stereocenters. The Kier molecular flexibility index (Phi) is 4.84. The molecule has 0 bridgehead atoms. The van der Waals surface area contributed by atoms with Crippen molar-refractivity contribution in [2.75, 3.05) is 26.3 Å². The van der Waals surface area contributed by atoms with E-state index in [0.29, 0.717) is 19.8 Å². The standard InChI is InChI=1S/C10H21N3O2/c1-2-3-5-12-9(14)13-7-10(11)4-6-15-8-10/h2-8,11H2,1H3,(H2,12,13,14). The maximum Gasteiger partial charge on any atom is 0.314 e. The van der Waals surface area contributed by atoms with Crippen molar-refractivity contribution in [1.29, 1.82) is 0 Å². The first-order valence-electron chi connectivity index (χ1n) is 5.55. The van der Waals surface area contributed by atoms with Gasteiger partial charge < -0.3 is 21.1 Å². The minimum atomic E-state index is -0.373. The Morgan fingerprint density at radius 3 is 2.93 bits per heavy atom. The molecule has 15 heavy (non-hydrogen) atoms. The van der Waals surface area contributed by atoms with Crippen LogP contribution in [0.2, 0.25) is 0 Å². The van der Waals surface area contributed by atoms with Gasteiger partial charge in [0.25, 0.3) is 0 Å². The van der Waals surface area contributed by atoms with Crippen molar-refractivity contribution < 1.29 is 9.53 Å². The molecule has 0 aromatic heterocycles. The summed E-state index contributed by atoms with van der Waals surface area (Å²) >= 11 is 0. The summed E-state index contributed by atoms with van der Waals surface area (Å²) in [6, 6.07) is -0.139. The molecule has 2 amide bonds. The van der Waals surface area contributed by atoms with Crippen molar-refractivity contribution >= 4 is 6.03 Å². The second-order valence-corrected chi connectivity index (χ2v) is 4.13. The summed E-state index contributed by atoms with van der Waals surface area (Å²) in [5, 5.41) is 5.55. The highest BCUT2D eigenvalue weighted by molar-refractivity contribution is 5.73. The van der Waals surface area contributed by atoms with Gasteiger partial charge in [-0.25, -0.2) is 4.79 Å². The lowest BCUT2D eigenvalue weighted by Gasteiger charge is -2.21. The highest BCUT2D eigenvalue weighted by atomic mass is 16.5. The van der Waals surface area contributed by atoms with Crippen LogP contribution >= 0.6 is 0 Å². The number of urea groups is 1. The Labute approximate surface area is 90.7 Å². The summed E-state index contributed by atoms with van der Waals surface area (Å²) in [5.41, 5.74) is 5.62. The van der Waals surface area contributed by atoms with Crippen molar-refractivity contribution in [3.05, 3.63) is 0 Å². The van der Waals surface area contributed by atoms with Crippen LogP contribution < -0.4 is 16.4 Å². The third-order valence-electron chi connectivity index (χ3n) is 2.55. The van der Waals surface area contributed by atoms with Gasteiger partial charge in [-0.15, -0.1) is 0 Å². The monoisotopic (exact) mass is 215 g/mol. The Morgan fingerprint density at radius 1 is 1.53 bits per heavy atom. The molecule has 1 aliphatic heterocycles. The number of carbonyl (C=O) groups is 1. The molecule has 88 valence electrons. The van der Waals surface area contributed by atoms with Gasteiger partial charge in [-0.05, 0) is 12.8 Å². The zero-order valence-corrected chi connectivity index (χ0v) is 9.34. The van der Waals surface area contributed by atoms with Crippen molar-refractivity contribution in [3.63, 3.8) is 0 Å². The fraction of sp³-hybridized carbons (Fsp3) is 0.900. The summed E-state index contributed by atoms with van der Waals surface area (Å²) in [5.74, 6) is 0. The Balaban J connectivity index is 2.10. The van der Waals surface area contributed by atoms with Gasteiger partial charge in [0.2, 0.25) is 0 Å². The molecule has 0 aliphatic carbocycles. The summed E-state index contributed by atoms with van der Waals surface area (Å²) in [6.07, 6.45) is 2.89. The van der Waals surface area contributed by atoms with E-state index in [1.54, 1.807) is 0 Å². The normalized spacial score (nSPS) is 25.2. The largest absolute Gasteiger partial charge is 0.379 e. The molecule has 5 nitrogen and oxygen atoms in total. The van der Waals surface area contributed by atoms with E-state index in [1.807, 2.05) is 0 Å². The number of hydrogen-bond donors (Lipinski definition) is 3. The quantitative estimate of drug-likeness (QED) is 0.573. The Morgan fingerprint density at radius 2 is 2.33 bits per heavy atom. The summed E-state index contributed by atoms with van der Waals surface area (Å²) in [4.78, 5) is 11.3. The predicted molar refractivity (Wildman–Crippen MR) is 58.7 cm³/mol. The van der Waals surface area contributed by atoms with Gasteiger partial charge in [-0.1, -0.05) is 13.3 Å². The molecule has 1 unspecified atom stereocenters. The molecular weight excluding hydrogens is 194 g/mol. The van der Waals surface area contributed by atoms with E-state index in [0.717, 1.165) is 25.8 Å². The van der Waals surface area contributed by atoms with Crippen LogP contribution in [0.15, 0.2) is 0 Å². The predicted octanol–water partition coefficient (Wildman–Crippen LogP) is 0.204. The molecule has 0 saturated carbocycles. The highest BCUT2D eigenvalue weighted by Crippen LogP contribution is 2.13. The van der Waals surface area contributed by atoms with E-state index in [1.165, 1.54) is 0 Å². The van der Waals surface area contributed by atoms with Crippen LogP contribution in [0.5, 0.6) is 0 Å². The van der Waals surface area contributed by atoms with E-state index >= 15 is 0 Å². The third kappa shape index (κ3) is 4.48. The number of hydrogen-bond acceptors (Lipinski definition) is 3. The summed E-state index contributed by atoms with van der Waals surface area (Å²) in [6.45, 7) is 4.50. The molecule has 0 radical (unpaired) electrons. The molecule has 5 heteroatoms. The molecule has 1 rings (SSSR count). The number of carbonyl (C=O) groups excluding carboxylic acids is 1. The number of nitrogens with two attached hydrogens (primary N) is 1. The van der Waals surface area contributed by atoms with Crippen molar-refractivity contribution in [3.8, 4) is 0 Å². The minimum absolute atomic E-state index is 0.139. The molecular formula is C10H21N3O2. The van der Waals surface area contributed by atoms with E-state index in [4.69, 9.17) is 10.5 Å². The van der Waals surface area contributed by atoms with Gasteiger partial charge in [0.15, 0.2) is 0 Å². The van der Waals surface area contributed by atoms with Gasteiger partial charge in [0, 0.05) is 19.7 Å². The maximum atomic E-state index is 11.3. The first-order valence-corrected chi connectivity index (χ1v) is 5.55. The zero-order valence-electron chi connectivity index (χ0n) is 9.34. The number of ether oxygens (including phenoxy) is 1. The highest BCUT2D eigenvalue weighted by Gasteiger charge is 2.30. The Bertz CT molecular complexity index is 203. The number of rotatable bonds is 5. The lowest BCUT2D eigenvalue weighted by atomic mass is 10.0. The molecule has 1 aliphatic rings. The number of nitrogens with one attached hydrogen (secondary N) is 2. The van der Waals surface area contributed by atoms with Gasteiger partial charge in [0.05, 0.1) is 12.1 Å². The minimum Gasteiger partial charge on any atom is -0.379 e. The van der Waals surface area contributed by atoms with Crippen LogP contribution in [0.1, 0.15) is 26.2 Å². The topological polar surface area (TPSA) is 76.4 Å². The first kappa shape index (κ1) is 12.3. The molecule has 1 saturated heterocycles. The van der Waals surface area contributed by atoms with Gasteiger partial charge in [-0.2, -0.15) is 0 Å². The van der Waals surface area contributed by atoms with E-state index in [9.17, 15) is 4.79 Å². The number of unbranched alkanes of at least 4 members (excludes halogenated alkanes) is 1. The van der Waals surface area contributed by atoms with Crippen LogP contribution in [-0.4, -0.2) is 37.9 Å². The smallest absolute Gasteiger partial charge is 0.314 e. The summed E-state index contributed by atoms with van der Waals surface area (Å²) in [7, 11) is 0. The second kappa shape index (κ2) is 5.92. The molecule has 0 aromatic carbocycles. The van der Waals surface area contributed by atoms with Gasteiger partial charge >= 0.3 is 6.03 Å². The average Bonchev–Trinajstić information content (AvgIpc) is 2.64. The summed E-state index contributed by atoms with van der Waals surface area (Å²) < 4.78 is 5.19. The second-order valence-electron chi connectivity index (χ2n) is 4.13. The first-order chi connectivity index (χ1) is 7.16.